The van der Waals surface area contributed by atoms with Crippen molar-refractivity contribution in [3.8, 4) is 0 Å². The number of nitrogens with two attached hydrogens (primary N) is 1. The maximum absolute atomic E-state index is 12.4. The van der Waals surface area contributed by atoms with Gasteiger partial charge >= 0.3 is 6.09 Å². The Labute approximate surface area is 179 Å². The second-order valence-corrected chi connectivity index (χ2v) is 10.2. The highest BCUT2D eigenvalue weighted by atomic mass is 79.9. The minimum atomic E-state index is -3.89. The molecule has 2 rings (SSSR count). The van der Waals surface area contributed by atoms with Gasteiger partial charge < -0.3 is 15.0 Å². The molecule has 1 aromatic carbocycles. The van der Waals surface area contributed by atoms with Crippen LogP contribution in [0, 0.1) is 0 Å². The molecule has 0 aliphatic carbocycles. The van der Waals surface area contributed by atoms with Crippen LogP contribution in [0.5, 0.6) is 0 Å². The molecule has 0 radical (unpaired) electrons. The van der Waals surface area contributed by atoms with Gasteiger partial charge in [0.1, 0.15) is 5.60 Å². The molecule has 0 saturated carbocycles. The third kappa shape index (κ3) is 7.25. The van der Waals surface area contributed by atoms with Crippen LogP contribution >= 0.6 is 15.9 Å². The number of sulfonamides is 1. The molecule has 0 atom stereocenters. The van der Waals surface area contributed by atoms with Crippen LogP contribution in [-0.2, 0) is 14.8 Å². The lowest BCUT2D eigenvalue weighted by molar-refractivity contribution is 0.0147. The van der Waals surface area contributed by atoms with E-state index in [1.807, 2.05) is 20.8 Å². The first-order chi connectivity index (χ1) is 13.4. The van der Waals surface area contributed by atoms with Gasteiger partial charge in [-0.05, 0) is 54.9 Å². The minimum absolute atomic E-state index is 0.121. The van der Waals surface area contributed by atoms with Crippen LogP contribution in [0.3, 0.4) is 0 Å². The van der Waals surface area contributed by atoms with E-state index in [1.165, 1.54) is 18.2 Å². The number of carbonyl (C=O) groups is 2. The predicted molar refractivity (Wildman–Crippen MR) is 112 cm³/mol. The van der Waals surface area contributed by atoms with Crippen LogP contribution in [0.2, 0.25) is 0 Å². The molecule has 0 unspecified atom stereocenters. The van der Waals surface area contributed by atoms with Crippen LogP contribution < -0.4 is 10.5 Å². The van der Waals surface area contributed by atoms with Crippen molar-refractivity contribution in [1.29, 1.82) is 0 Å². The highest BCUT2D eigenvalue weighted by molar-refractivity contribution is 9.10. The van der Waals surface area contributed by atoms with E-state index < -0.39 is 21.5 Å². The predicted octanol–water partition coefficient (Wildman–Crippen LogP) is 1.38. The van der Waals surface area contributed by atoms with Crippen molar-refractivity contribution in [2.24, 2.45) is 5.14 Å². The molecule has 0 spiro atoms. The third-order valence-corrected chi connectivity index (χ3v) is 5.85. The summed E-state index contributed by atoms with van der Waals surface area (Å²) in [5, 5.41) is 7.90. The number of halogens is 1. The zero-order valence-electron chi connectivity index (χ0n) is 16.8. The van der Waals surface area contributed by atoms with Gasteiger partial charge in [0.05, 0.1) is 10.5 Å². The van der Waals surface area contributed by atoms with Crippen LogP contribution in [-0.4, -0.2) is 75.1 Å². The van der Waals surface area contributed by atoms with E-state index in [0.717, 1.165) is 0 Å². The van der Waals surface area contributed by atoms with Crippen molar-refractivity contribution in [3.05, 3.63) is 28.2 Å². The number of hydrogen-bond acceptors (Lipinski definition) is 6. The van der Waals surface area contributed by atoms with E-state index in [2.05, 4.69) is 26.1 Å². The number of amides is 2. The molecule has 0 bridgehead atoms. The molecule has 1 fully saturated rings. The van der Waals surface area contributed by atoms with Crippen molar-refractivity contribution in [2.45, 2.75) is 31.3 Å². The fourth-order valence-corrected chi connectivity index (χ4v) is 3.73. The van der Waals surface area contributed by atoms with E-state index >= 15 is 0 Å². The summed E-state index contributed by atoms with van der Waals surface area (Å²) in [7, 11) is -3.89. The van der Waals surface area contributed by atoms with Gasteiger partial charge in [0.2, 0.25) is 10.0 Å². The summed E-state index contributed by atoms with van der Waals surface area (Å²) in [4.78, 5) is 28.2. The number of hydrogen-bond donors (Lipinski definition) is 2. The summed E-state index contributed by atoms with van der Waals surface area (Å²) < 4.78 is 28.8. The minimum Gasteiger partial charge on any atom is -0.444 e. The second-order valence-electron chi connectivity index (χ2n) is 7.75. The Morgan fingerprint density at radius 1 is 1.21 bits per heavy atom. The molecule has 0 aromatic heterocycles. The highest BCUT2D eigenvalue weighted by Crippen LogP contribution is 2.20. The van der Waals surface area contributed by atoms with Crippen molar-refractivity contribution in [2.75, 3.05) is 39.3 Å². The van der Waals surface area contributed by atoms with E-state index in [9.17, 15) is 18.0 Å². The van der Waals surface area contributed by atoms with Gasteiger partial charge in [-0.25, -0.2) is 18.4 Å². The molecule has 3 N–H and O–H groups in total. The normalized spacial score (nSPS) is 15.8. The summed E-state index contributed by atoms with van der Waals surface area (Å²) in [6.45, 7) is 8.98. The van der Waals surface area contributed by atoms with Gasteiger partial charge in [0.25, 0.3) is 5.91 Å². The number of rotatable bonds is 5. The number of carbonyl (C=O) groups excluding carboxylic acids is 2. The zero-order chi connectivity index (χ0) is 21.8. The molecule has 1 aliphatic heterocycles. The van der Waals surface area contributed by atoms with Crippen LogP contribution in [0.1, 0.15) is 31.1 Å². The van der Waals surface area contributed by atoms with Gasteiger partial charge in [-0.1, -0.05) is 0 Å². The number of ether oxygens (including phenoxy) is 1. The summed E-state index contributed by atoms with van der Waals surface area (Å²) in [5.74, 6) is -0.394. The third-order valence-electron chi connectivity index (χ3n) is 4.25. The average molecular weight is 491 g/mol. The molecule has 29 heavy (non-hydrogen) atoms. The first kappa shape index (κ1) is 23.6. The molecule has 1 heterocycles. The first-order valence-corrected chi connectivity index (χ1v) is 11.5. The van der Waals surface area contributed by atoms with Gasteiger partial charge in [-0.15, -0.1) is 0 Å². The summed E-state index contributed by atoms with van der Waals surface area (Å²) in [5.41, 5.74) is -0.320. The van der Waals surface area contributed by atoms with Crippen LogP contribution in [0.15, 0.2) is 27.6 Å². The van der Waals surface area contributed by atoms with Crippen molar-refractivity contribution in [3.63, 3.8) is 0 Å². The molecule has 9 nitrogen and oxygen atoms in total. The molecule has 11 heteroatoms. The average Bonchev–Trinajstić information content (AvgIpc) is 2.60. The Morgan fingerprint density at radius 2 is 1.83 bits per heavy atom. The number of nitrogens with zero attached hydrogens (tertiary/aromatic N) is 2. The topological polar surface area (TPSA) is 122 Å². The Bertz CT molecular complexity index is 861. The monoisotopic (exact) mass is 490 g/mol. The Hall–Kier alpha value is -1.69. The van der Waals surface area contributed by atoms with Crippen molar-refractivity contribution >= 4 is 38.0 Å². The zero-order valence-corrected chi connectivity index (χ0v) is 19.2. The molecule has 162 valence electrons. The maximum atomic E-state index is 12.4. The van der Waals surface area contributed by atoms with Gasteiger partial charge in [-0.2, -0.15) is 0 Å². The van der Waals surface area contributed by atoms with Gasteiger partial charge in [-0.3, -0.25) is 9.69 Å². The Balaban J connectivity index is 1.81. The van der Waals surface area contributed by atoms with Gasteiger partial charge in [0.15, 0.2) is 0 Å². The molecule has 1 aliphatic rings. The molecular formula is C18H27BrN4O5S. The number of benzene rings is 1. The fourth-order valence-electron chi connectivity index (χ4n) is 2.76. The quantitative estimate of drug-likeness (QED) is 0.642. The van der Waals surface area contributed by atoms with E-state index in [0.29, 0.717) is 43.7 Å². The molecule has 1 aromatic rings. The molecule has 1 saturated heterocycles. The van der Waals surface area contributed by atoms with E-state index in [4.69, 9.17) is 9.88 Å². The maximum Gasteiger partial charge on any atom is 0.410 e. The smallest absolute Gasteiger partial charge is 0.410 e. The Morgan fingerprint density at radius 3 is 2.38 bits per heavy atom. The molecular weight excluding hydrogens is 464 g/mol. The SMILES string of the molecule is CC(C)(C)OC(=O)N1CCN(CCNC(=O)c2cc(S(N)(=O)=O)ccc2Br)CC1. The number of nitrogens with one attached hydrogen (secondary N) is 1. The van der Waals surface area contributed by atoms with Crippen molar-refractivity contribution in [1.82, 2.24) is 15.1 Å². The van der Waals surface area contributed by atoms with Crippen molar-refractivity contribution < 1.29 is 22.7 Å². The van der Waals surface area contributed by atoms with Gasteiger partial charge in [0, 0.05) is 43.7 Å². The van der Waals surface area contributed by atoms with Crippen LogP contribution in [0.25, 0.3) is 0 Å². The summed E-state index contributed by atoms with van der Waals surface area (Å²) >= 11 is 3.25. The second kappa shape index (κ2) is 9.41. The lowest BCUT2D eigenvalue weighted by atomic mass is 10.2. The number of primary sulfonamides is 1. The summed E-state index contributed by atoms with van der Waals surface area (Å²) in [6, 6.07) is 4.05. The fraction of sp³-hybridized carbons (Fsp3) is 0.556. The van der Waals surface area contributed by atoms with Crippen LogP contribution in [0.4, 0.5) is 4.79 Å². The highest BCUT2D eigenvalue weighted by Gasteiger charge is 2.25. The molecule has 2 amide bonds. The standard InChI is InChI=1S/C18H27BrN4O5S/c1-18(2,3)28-17(25)23-10-8-22(9-11-23)7-6-21-16(24)14-12-13(29(20,26)27)4-5-15(14)19/h4-5,12H,6-11H2,1-3H3,(H,21,24)(H2,20,26,27). The lowest BCUT2D eigenvalue weighted by Crippen LogP contribution is -2.51. The van der Waals surface area contributed by atoms with E-state index in [1.54, 1.807) is 4.90 Å². The largest absolute Gasteiger partial charge is 0.444 e. The number of piperazine rings is 1. The lowest BCUT2D eigenvalue weighted by Gasteiger charge is -2.35. The summed E-state index contributed by atoms with van der Waals surface area (Å²) in [6.07, 6.45) is -0.315. The first-order valence-electron chi connectivity index (χ1n) is 9.17. The van der Waals surface area contributed by atoms with E-state index in [-0.39, 0.29) is 16.6 Å². The Kier molecular flexibility index (Phi) is 7.66.